The molecular formula is C20H22N8OS. The van der Waals surface area contributed by atoms with Crippen molar-refractivity contribution in [3.8, 4) is 11.8 Å². The summed E-state index contributed by atoms with van der Waals surface area (Å²) >= 11 is 1.51. The Kier molecular flexibility index (Phi) is 4.98. The Hall–Kier alpha value is -3.16. The van der Waals surface area contributed by atoms with Gasteiger partial charge in [-0.15, -0.1) is 5.92 Å². The lowest BCUT2D eigenvalue weighted by Gasteiger charge is -2.28. The lowest BCUT2D eigenvalue weighted by molar-refractivity contribution is 0.572. The van der Waals surface area contributed by atoms with E-state index in [1.165, 1.54) is 16.8 Å². The normalized spacial score (nSPS) is 17.9. The number of fused-ring (bicyclic) bond motifs is 2. The number of rotatable bonds is 4. The molecule has 0 saturated carbocycles. The van der Waals surface area contributed by atoms with Gasteiger partial charge >= 0.3 is 0 Å². The third-order valence-electron chi connectivity index (χ3n) is 5.25. The SMILES string of the molecule is CC#CCn1c(N2CCNCC2)nc2cnn(CC3=CC4=CNSN4C=C3)c(=O)c21. The first kappa shape index (κ1) is 18.8. The van der Waals surface area contributed by atoms with Crippen molar-refractivity contribution < 1.29 is 0 Å². The standard InChI is InChI=1S/C20H22N8OS/c1-2-3-7-26-18-17(24-20(26)25-9-5-21-6-10-25)13-22-27(19(18)29)14-15-4-8-28-16(11-15)12-23-30-28/h4,8,11-13,21,23H,5-7,9-10,14H2,1H3. The molecule has 3 aliphatic heterocycles. The monoisotopic (exact) mass is 422 g/mol. The molecule has 2 N–H and O–H groups in total. The number of nitrogens with zero attached hydrogens (tertiary/aromatic N) is 6. The highest BCUT2D eigenvalue weighted by Gasteiger charge is 2.22. The van der Waals surface area contributed by atoms with Crippen molar-refractivity contribution in [2.24, 2.45) is 0 Å². The molecule has 9 nitrogen and oxygen atoms in total. The lowest BCUT2D eigenvalue weighted by atomic mass is 10.2. The number of allylic oxidation sites excluding steroid dienone is 3. The summed E-state index contributed by atoms with van der Waals surface area (Å²) in [6, 6.07) is 0. The Morgan fingerprint density at radius 3 is 3.00 bits per heavy atom. The van der Waals surface area contributed by atoms with Gasteiger partial charge in [0, 0.05) is 38.6 Å². The third kappa shape index (κ3) is 3.36. The molecule has 3 aliphatic rings. The molecule has 1 fully saturated rings. The minimum absolute atomic E-state index is 0.149. The Balaban J connectivity index is 1.54. The maximum atomic E-state index is 13.4. The summed E-state index contributed by atoms with van der Waals surface area (Å²) in [5, 5.41) is 7.75. The van der Waals surface area contributed by atoms with E-state index in [1.54, 1.807) is 13.1 Å². The van der Waals surface area contributed by atoms with Gasteiger partial charge in [0.25, 0.3) is 5.56 Å². The topological polar surface area (TPSA) is 83.2 Å². The van der Waals surface area contributed by atoms with Crippen LogP contribution >= 0.6 is 12.1 Å². The van der Waals surface area contributed by atoms with Gasteiger partial charge in [-0.2, -0.15) is 5.10 Å². The summed E-state index contributed by atoms with van der Waals surface area (Å²) in [7, 11) is 0. The molecule has 10 heteroatoms. The zero-order valence-corrected chi connectivity index (χ0v) is 17.4. The van der Waals surface area contributed by atoms with Gasteiger partial charge < -0.3 is 14.9 Å². The van der Waals surface area contributed by atoms with Gasteiger partial charge in [-0.1, -0.05) is 5.92 Å². The number of hydrogen-bond acceptors (Lipinski definition) is 8. The molecule has 0 bridgehead atoms. The number of hydrogen-bond donors (Lipinski definition) is 2. The molecule has 5 rings (SSSR count). The fourth-order valence-electron chi connectivity index (χ4n) is 3.75. The highest BCUT2D eigenvalue weighted by Crippen LogP contribution is 2.27. The number of piperazine rings is 1. The van der Waals surface area contributed by atoms with Gasteiger partial charge in [0.2, 0.25) is 5.95 Å². The first-order valence-electron chi connectivity index (χ1n) is 9.87. The van der Waals surface area contributed by atoms with Crippen LogP contribution < -0.4 is 20.5 Å². The van der Waals surface area contributed by atoms with E-state index >= 15 is 0 Å². The van der Waals surface area contributed by atoms with Crippen LogP contribution in [0.5, 0.6) is 0 Å². The van der Waals surface area contributed by atoms with E-state index in [-0.39, 0.29) is 5.56 Å². The van der Waals surface area contributed by atoms with Gasteiger partial charge in [0.05, 0.1) is 37.1 Å². The van der Waals surface area contributed by atoms with Crippen LogP contribution in [0.1, 0.15) is 6.92 Å². The Morgan fingerprint density at radius 2 is 2.17 bits per heavy atom. The predicted molar refractivity (Wildman–Crippen MR) is 118 cm³/mol. The van der Waals surface area contributed by atoms with Gasteiger partial charge in [-0.25, -0.2) is 9.67 Å². The molecule has 2 aromatic rings. The summed E-state index contributed by atoms with van der Waals surface area (Å²) in [5.74, 6) is 6.81. The third-order valence-corrected chi connectivity index (χ3v) is 6.00. The Labute approximate surface area is 178 Å². The van der Waals surface area contributed by atoms with Gasteiger partial charge in [-0.05, 0) is 24.6 Å². The molecule has 5 heterocycles. The number of anilines is 1. The second kappa shape index (κ2) is 7.93. The van der Waals surface area contributed by atoms with E-state index < -0.39 is 0 Å². The summed E-state index contributed by atoms with van der Waals surface area (Å²) in [4.78, 5) is 20.3. The van der Waals surface area contributed by atoms with Crippen molar-refractivity contribution >= 4 is 29.1 Å². The van der Waals surface area contributed by atoms with Crippen LogP contribution in [-0.2, 0) is 13.1 Å². The van der Waals surface area contributed by atoms with E-state index in [2.05, 4.69) is 38.0 Å². The molecular weight excluding hydrogens is 400 g/mol. The lowest BCUT2D eigenvalue weighted by Crippen LogP contribution is -2.44. The van der Waals surface area contributed by atoms with Crippen LogP contribution in [-0.4, -0.2) is 49.8 Å². The van der Waals surface area contributed by atoms with Crippen LogP contribution in [0.25, 0.3) is 11.0 Å². The molecule has 2 aromatic heterocycles. The van der Waals surface area contributed by atoms with Gasteiger partial charge in [0.1, 0.15) is 11.0 Å². The van der Waals surface area contributed by atoms with Crippen LogP contribution in [0.3, 0.4) is 0 Å². The van der Waals surface area contributed by atoms with E-state index in [4.69, 9.17) is 4.98 Å². The second-order valence-electron chi connectivity index (χ2n) is 7.14. The number of aromatic nitrogens is 4. The highest BCUT2D eigenvalue weighted by molar-refractivity contribution is 7.95. The van der Waals surface area contributed by atoms with Crippen LogP contribution in [0, 0.1) is 11.8 Å². The average molecular weight is 423 g/mol. The van der Waals surface area contributed by atoms with E-state index in [1.807, 2.05) is 27.3 Å². The van der Waals surface area contributed by atoms with Crippen molar-refractivity contribution in [1.29, 1.82) is 0 Å². The fourth-order valence-corrected chi connectivity index (χ4v) is 4.37. The first-order valence-corrected chi connectivity index (χ1v) is 10.6. The van der Waals surface area contributed by atoms with Crippen molar-refractivity contribution in [2.45, 2.75) is 20.0 Å². The molecule has 0 radical (unpaired) electrons. The minimum Gasteiger partial charge on any atom is -0.340 e. The molecule has 0 unspecified atom stereocenters. The van der Waals surface area contributed by atoms with Gasteiger partial charge in [-0.3, -0.25) is 13.7 Å². The highest BCUT2D eigenvalue weighted by atomic mass is 32.2. The fraction of sp³-hybridized carbons (Fsp3) is 0.350. The zero-order chi connectivity index (χ0) is 20.5. The van der Waals surface area contributed by atoms with Crippen molar-refractivity contribution in [1.82, 2.24) is 33.7 Å². The van der Waals surface area contributed by atoms with E-state index in [0.717, 1.165) is 43.4 Å². The Bertz CT molecular complexity index is 1190. The molecule has 0 atom stereocenters. The Morgan fingerprint density at radius 1 is 1.30 bits per heavy atom. The molecule has 0 amide bonds. The van der Waals surface area contributed by atoms with Crippen molar-refractivity contribution in [3.63, 3.8) is 0 Å². The molecule has 1 saturated heterocycles. The van der Waals surface area contributed by atoms with Crippen LogP contribution in [0.15, 0.2) is 46.8 Å². The smallest absolute Gasteiger partial charge is 0.293 e. The molecule has 0 aromatic carbocycles. The first-order chi connectivity index (χ1) is 14.7. The summed E-state index contributed by atoms with van der Waals surface area (Å²) in [6.45, 7) is 6.12. The minimum atomic E-state index is -0.149. The van der Waals surface area contributed by atoms with Gasteiger partial charge in [0.15, 0.2) is 0 Å². The van der Waals surface area contributed by atoms with Crippen molar-refractivity contribution in [2.75, 3.05) is 31.1 Å². The average Bonchev–Trinajstić information content (AvgIpc) is 3.39. The zero-order valence-electron chi connectivity index (χ0n) is 16.6. The predicted octanol–water partition coefficient (Wildman–Crippen LogP) is 0.789. The number of nitrogens with one attached hydrogen (secondary N) is 2. The molecule has 0 spiro atoms. The maximum absolute atomic E-state index is 13.4. The van der Waals surface area contributed by atoms with Crippen LogP contribution in [0.2, 0.25) is 0 Å². The van der Waals surface area contributed by atoms with Crippen LogP contribution in [0.4, 0.5) is 5.95 Å². The van der Waals surface area contributed by atoms with E-state index in [0.29, 0.717) is 24.1 Å². The number of imidazole rings is 1. The summed E-state index contributed by atoms with van der Waals surface area (Å²) in [5.41, 5.74) is 3.08. The second-order valence-corrected chi connectivity index (χ2v) is 7.95. The summed E-state index contributed by atoms with van der Waals surface area (Å²) < 4.78 is 8.58. The largest absolute Gasteiger partial charge is 0.340 e. The van der Waals surface area contributed by atoms with Crippen molar-refractivity contribution in [3.05, 3.63) is 52.4 Å². The maximum Gasteiger partial charge on any atom is 0.293 e. The molecule has 154 valence electrons. The van der Waals surface area contributed by atoms with E-state index in [9.17, 15) is 4.79 Å². The molecule has 30 heavy (non-hydrogen) atoms. The summed E-state index contributed by atoms with van der Waals surface area (Å²) in [6.07, 6.45) is 9.66. The molecule has 0 aliphatic carbocycles. The quantitative estimate of drug-likeness (QED) is 0.553.